The van der Waals surface area contributed by atoms with E-state index in [-0.39, 0.29) is 6.04 Å². The van der Waals surface area contributed by atoms with E-state index in [2.05, 4.69) is 180 Å². The quantitative estimate of drug-likeness (QED) is 0.171. The molecule has 0 aromatic heterocycles. The minimum Gasteiger partial charge on any atom is -0.257 e. The lowest BCUT2D eigenvalue weighted by Crippen LogP contribution is -2.18. The van der Waals surface area contributed by atoms with Gasteiger partial charge >= 0.3 is 0 Å². The molecule has 0 radical (unpaired) electrons. The zero-order chi connectivity index (χ0) is 31.9. The molecule has 1 unspecified atom stereocenters. The molecule has 0 amide bonds. The topological polar surface area (TPSA) is 31.0 Å². The number of benzene rings is 7. The smallest absolute Gasteiger partial charge is 0.238 e. The van der Waals surface area contributed by atoms with Crippen molar-refractivity contribution >= 4 is 50.1 Å². The van der Waals surface area contributed by atoms with Crippen molar-refractivity contribution in [1.29, 1.82) is 0 Å². The van der Waals surface area contributed by atoms with Crippen LogP contribution in [-0.2, 0) is 0 Å². The van der Waals surface area contributed by atoms with Gasteiger partial charge in [-0.25, -0.2) is 0 Å². The molecule has 4 heteroatoms. The molecule has 0 saturated heterocycles. The van der Waals surface area contributed by atoms with Crippen LogP contribution in [0.15, 0.2) is 180 Å². The summed E-state index contributed by atoms with van der Waals surface area (Å²) >= 11 is 0. The fourth-order valence-corrected chi connectivity index (χ4v) is 7.21. The number of rotatable bonds is 6. The maximum atomic E-state index is 5.27. The Balaban J connectivity index is 1.08. The van der Waals surface area contributed by atoms with Gasteiger partial charge in [-0.15, -0.1) is 0 Å². The minimum atomic E-state index is 0.0803. The summed E-state index contributed by atoms with van der Waals surface area (Å²) < 4.78 is 2.12. The Labute approximate surface area is 280 Å². The monoisotopic (exact) mass is 617 g/mol. The number of nitrogens with zero attached hydrogens (tertiary/aromatic N) is 4. The van der Waals surface area contributed by atoms with Crippen LogP contribution in [0, 0.1) is 0 Å². The van der Waals surface area contributed by atoms with Gasteiger partial charge in [0.05, 0.1) is 23.9 Å². The van der Waals surface area contributed by atoms with Crippen LogP contribution in [0.4, 0.5) is 11.4 Å². The molecule has 2 aliphatic rings. The largest absolute Gasteiger partial charge is 0.257 e. The van der Waals surface area contributed by atoms with E-state index in [1.807, 2.05) is 0 Å². The van der Waals surface area contributed by atoms with E-state index in [1.54, 1.807) is 0 Å². The molecule has 2 heterocycles. The molecule has 0 N–H and O–H groups in total. The predicted molar refractivity (Wildman–Crippen MR) is 199 cm³/mol. The van der Waals surface area contributed by atoms with Crippen LogP contribution in [0.3, 0.4) is 0 Å². The van der Waals surface area contributed by atoms with Crippen LogP contribution < -0.4 is 5.01 Å². The number of fused-ring (bicyclic) bond motifs is 2. The number of hydrogen-bond donors (Lipinski definition) is 0. The van der Waals surface area contributed by atoms with Crippen molar-refractivity contribution in [2.75, 3.05) is 5.01 Å². The first-order valence-electron chi connectivity index (χ1n) is 16.6. The summed E-state index contributed by atoms with van der Waals surface area (Å²) in [6, 6.07) is 60.4. The van der Waals surface area contributed by atoms with Crippen LogP contribution >= 0.6 is 0 Å². The van der Waals surface area contributed by atoms with Crippen LogP contribution in [0.5, 0.6) is 0 Å². The van der Waals surface area contributed by atoms with Gasteiger partial charge < -0.3 is 0 Å². The van der Waals surface area contributed by atoms with Crippen molar-refractivity contribution in [2.24, 2.45) is 10.2 Å². The summed E-state index contributed by atoms with van der Waals surface area (Å²) in [5.41, 5.74) is 10.3. The molecule has 48 heavy (non-hydrogen) atoms. The van der Waals surface area contributed by atoms with Crippen LogP contribution in [0.25, 0.3) is 21.5 Å². The van der Waals surface area contributed by atoms with Gasteiger partial charge in [-0.05, 0) is 56.1 Å². The third-order valence-corrected chi connectivity index (χ3v) is 9.57. The van der Waals surface area contributed by atoms with Crippen molar-refractivity contribution in [2.45, 2.75) is 18.9 Å². The Bertz CT molecular complexity index is 2380. The fourth-order valence-electron chi connectivity index (χ4n) is 7.21. The summed E-state index contributed by atoms with van der Waals surface area (Å²) in [6.07, 6.45) is 1.57. The highest BCUT2D eigenvalue weighted by molar-refractivity contribution is 6.21. The molecule has 0 aliphatic carbocycles. The molecule has 0 bridgehead atoms. The number of anilines is 1. The zero-order valence-corrected chi connectivity index (χ0v) is 26.4. The van der Waals surface area contributed by atoms with E-state index in [1.165, 1.54) is 49.5 Å². The third kappa shape index (κ3) is 4.99. The first kappa shape index (κ1) is 28.1. The van der Waals surface area contributed by atoms with Crippen LogP contribution in [-0.4, -0.2) is 21.8 Å². The highest BCUT2D eigenvalue weighted by Gasteiger charge is 2.33. The standard InChI is InChI=1S/C44H33N4/c1-3-17-35(18-4-1)47-43(29-41(45-47)39-23-11-15-31-13-7-9-21-37(31)39)33-25-27-34(28-26-33)44-30-42(46-48(44)36-19-5-2-6-20-36)40-24-12-16-32-14-8-10-22-38(32)40/h1-28,43H,29-30H2/q+1. The highest BCUT2D eigenvalue weighted by atomic mass is 15.5. The zero-order valence-electron chi connectivity index (χ0n) is 26.4. The van der Waals surface area contributed by atoms with Gasteiger partial charge in [0.15, 0.2) is 0 Å². The van der Waals surface area contributed by atoms with Crippen molar-refractivity contribution in [3.05, 3.63) is 192 Å². The molecule has 0 spiro atoms. The van der Waals surface area contributed by atoms with Crippen molar-refractivity contribution in [1.82, 2.24) is 0 Å². The molecule has 0 saturated carbocycles. The number of para-hydroxylation sites is 2. The summed E-state index contributed by atoms with van der Waals surface area (Å²) in [7, 11) is 0. The van der Waals surface area contributed by atoms with Crippen LogP contribution in [0.1, 0.15) is 41.1 Å². The highest BCUT2D eigenvalue weighted by Crippen LogP contribution is 2.38. The first-order valence-corrected chi connectivity index (χ1v) is 16.6. The van der Waals surface area contributed by atoms with Crippen molar-refractivity contribution < 1.29 is 4.68 Å². The van der Waals surface area contributed by atoms with Gasteiger partial charge in [0.25, 0.3) is 0 Å². The summed E-state index contributed by atoms with van der Waals surface area (Å²) in [5.74, 6) is 0. The molecule has 7 aromatic rings. The lowest BCUT2D eigenvalue weighted by Gasteiger charge is -2.24. The molecule has 0 fully saturated rings. The van der Waals surface area contributed by atoms with Gasteiger partial charge in [0, 0.05) is 40.3 Å². The second kappa shape index (κ2) is 11.9. The average molecular weight is 618 g/mol. The van der Waals surface area contributed by atoms with Gasteiger partial charge in [-0.1, -0.05) is 133 Å². The van der Waals surface area contributed by atoms with Crippen LogP contribution in [0.2, 0.25) is 0 Å². The third-order valence-electron chi connectivity index (χ3n) is 9.57. The van der Waals surface area contributed by atoms with Crippen molar-refractivity contribution in [3.8, 4) is 0 Å². The minimum absolute atomic E-state index is 0.0803. The lowest BCUT2D eigenvalue weighted by molar-refractivity contribution is -0.441. The summed E-state index contributed by atoms with van der Waals surface area (Å²) in [5, 5.41) is 17.7. The van der Waals surface area contributed by atoms with Gasteiger partial charge in [0.1, 0.15) is 5.71 Å². The van der Waals surface area contributed by atoms with Gasteiger partial charge in [0.2, 0.25) is 11.4 Å². The maximum absolute atomic E-state index is 5.27. The Kier molecular flexibility index (Phi) is 6.98. The van der Waals surface area contributed by atoms with Crippen molar-refractivity contribution in [3.63, 3.8) is 0 Å². The SMILES string of the molecule is c1ccc(N2N=C(c3cccc4ccccc34)CC2c2ccc(C3=[N+](c4ccccc4)N=C(c4cccc5ccccc45)C3)cc2)cc1. The van der Waals surface area contributed by atoms with E-state index >= 15 is 0 Å². The molecule has 9 rings (SSSR count). The van der Waals surface area contributed by atoms with Gasteiger partial charge in [-0.3, -0.25) is 5.01 Å². The first-order chi connectivity index (χ1) is 23.8. The Morgan fingerprint density at radius 3 is 1.75 bits per heavy atom. The molecular formula is C44H33N4+. The van der Waals surface area contributed by atoms with E-state index in [9.17, 15) is 0 Å². The maximum Gasteiger partial charge on any atom is 0.238 e. The summed E-state index contributed by atoms with van der Waals surface area (Å²) in [6.45, 7) is 0. The van der Waals surface area contributed by atoms with E-state index < -0.39 is 0 Å². The number of hydrogen-bond acceptors (Lipinski definition) is 3. The second-order valence-electron chi connectivity index (χ2n) is 12.4. The number of hydrazone groups is 2. The molecule has 228 valence electrons. The fraction of sp³-hybridized carbons (Fsp3) is 0.0682. The molecule has 7 aromatic carbocycles. The molecule has 2 aliphatic heterocycles. The predicted octanol–water partition coefficient (Wildman–Crippen LogP) is 10.3. The molecule has 4 nitrogen and oxygen atoms in total. The van der Waals surface area contributed by atoms with E-state index in [0.717, 1.165) is 35.6 Å². The van der Waals surface area contributed by atoms with E-state index in [0.29, 0.717) is 0 Å². The Morgan fingerprint density at radius 2 is 1.08 bits per heavy atom. The van der Waals surface area contributed by atoms with E-state index in [4.69, 9.17) is 10.2 Å². The Morgan fingerprint density at radius 1 is 0.521 bits per heavy atom. The van der Waals surface area contributed by atoms with Gasteiger partial charge in [-0.2, -0.15) is 5.10 Å². The average Bonchev–Trinajstić information content (AvgIpc) is 3.81. The normalized spacial score (nSPS) is 16.1. The second-order valence-corrected chi connectivity index (χ2v) is 12.4. The summed E-state index contributed by atoms with van der Waals surface area (Å²) in [4.78, 5) is 0. The Hall–Kier alpha value is -6.13. The molecule has 1 atom stereocenters. The molecular weight excluding hydrogens is 585 g/mol. The lowest BCUT2D eigenvalue weighted by atomic mass is 9.93.